The molecule has 1 saturated heterocycles. The number of pyridine rings is 2. The van der Waals surface area contributed by atoms with E-state index in [0.29, 0.717) is 11.5 Å². The normalized spacial score (nSPS) is 14.3. The highest BCUT2D eigenvalue weighted by Crippen LogP contribution is 2.33. The number of anilines is 2. The fourth-order valence-electron chi connectivity index (χ4n) is 3.90. The molecule has 1 aliphatic rings. The van der Waals surface area contributed by atoms with Crippen LogP contribution < -0.4 is 25.0 Å². The molecule has 2 N–H and O–H groups in total. The molecule has 2 aromatic heterocycles. The van der Waals surface area contributed by atoms with E-state index in [1.165, 1.54) is 24.3 Å². The molecular weight excluding hydrogens is 459 g/mol. The molecule has 1 aromatic carbocycles. The van der Waals surface area contributed by atoms with Gasteiger partial charge in [-0.2, -0.15) is 0 Å². The second-order valence-corrected chi connectivity index (χ2v) is 8.13. The zero-order chi connectivity index (χ0) is 24.8. The van der Waals surface area contributed by atoms with Crippen LogP contribution in [0, 0.1) is 6.92 Å². The van der Waals surface area contributed by atoms with Gasteiger partial charge in [-0.25, -0.2) is 4.98 Å². The van der Waals surface area contributed by atoms with Crippen molar-refractivity contribution in [3.8, 4) is 17.2 Å². The van der Waals surface area contributed by atoms with E-state index in [2.05, 4.69) is 36.8 Å². The fraction of sp³-hybridized carbons (Fsp3) is 0.280. The van der Waals surface area contributed by atoms with E-state index in [9.17, 15) is 13.2 Å². The van der Waals surface area contributed by atoms with Crippen molar-refractivity contribution in [1.82, 2.24) is 15.3 Å². The summed E-state index contributed by atoms with van der Waals surface area (Å²) in [5.41, 5.74) is 1.73. The molecule has 3 heterocycles. The van der Waals surface area contributed by atoms with Crippen molar-refractivity contribution in [3.05, 3.63) is 79.0 Å². The number of alkyl halides is 3. The maximum atomic E-state index is 12.4. The zero-order valence-corrected chi connectivity index (χ0v) is 19.2. The maximum absolute atomic E-state index is 12.4. The van der Waals surface area contributed by atoms with Crippen molar-refractivity contribution >= 4 is 11.5 Å². The molecule has 184 valence electrons. The van der Waals surface area contributed by atoms with Crippen LogP contribution in [-0.4, -0.2) is 35.5 Å². The topological polar surface area (TPSA) is 71.5 Å². The lowest BCUT2D eigenvalue weighted by Gasteiger charge is -2.35. The van der Waals surface area contributed by atoms with Gasteiger partial charge in [-0.1, -0.05) is 6.58 Å². The minimum Gasteiger partial charge on any atom is -0.457 e. The monoisotopic (exact) mass is 485 g/mol. The molecule has 0 aliphatic carbocycles. The molecule has 0 bridgehead atoms. The Morgan fingerprint density at radius 2 is 1.77 bits per heavy atom. The predicted molar refractivity (Wildman–Crippen MR) is 128 cm³/mol. The molecule has 1 fully saturated rings. The minimum atomic E-state index is -4.73. The first-order chi connectivity index (χ1) is 16.8. The SMILES string of the molecule is C=C(Nc1cccnc1)NC1CCN(c2nccc(Oc3ccc(OC(F)(F)F)cc3)c2C)CC1. The lowest BCUT2D eigenvalue weighted by atomic mass is 10.0. The van der Waals surface area contributed by atoms with E-state index in [1.54, 1.807) is 24.7 Å². The second-order valence-electron chi connectivity index (χ2n) is 8.13. The molecule has 3 aromatic rings. The molecule has 4 rings (SSSR count). The van der Waals surface area contributed by atoms with Gasteiger partial charge in [0.1, 0.15) is 23.1 Å². The van der Waals surface area contributed by atoms with Crippen LogP contribution in [0.1, 0.15) is 18.4 Å². The summed E-state index contributed by atoms with van der Waals surface area (Å²) in [5, 5.41) is 6.64. The highest BCUT2D eigenvalue weighted by molar-refractivity contribution is 5.54. The van der Waals surface area contributed by atoms with Gasteiger partial charge in [-0.05, 0) is 62.2 Å². The lowest BCUT2D eigenvalue weighted by molar-refractivity contribution is -0.274. The van der Waals surface area contributed by atoms with E-state index in [4.69, 9.17) is 4.74 Å². The molecule has 7 nitrogen and oxygen atoms in total. The smallest absolute Gasteiger partial charge is 0.457 e. The van der Waals surface area contributed by atoms with Crippen LogP contribution in [0.3, 0.4) is 0 Å². The minimum absolute atomic E-state index is 0.278. The number of benzene rings is 1. The molecule has 0 unspecified atom stereocenters. The van der Waals surface area contributed by atoms with Crippen LogP contribution in [0.5, 0.6) is 17.2 Å². The Bertz CT molecular complexity index is 1130. The second kappa shape index (κ2) is 10.5. The van der Waals surface area contributed by atoms with Crippen LogP contribution in [0.2, 0.25) is 0 Å². The first kappa shape index (κ1) is 24.2. The van der Waals surface area contributed by atoms with Crippen LogP contribution in [0.15, 0.2) is 73.5 Å². The van der Waals surface area contributed by atoms with Crippen molar-refractivity contribution in [1.29, 1.82) is 0 Å². The molecule has 0 radical (unpaired) electrons. The Hall–Kier alpha value is -3.95. The third kappa shape index (κ3) is 6.78. The van der Waals surface area contributed by atoms with Gasteiger partial charge >= 0.3 is 6.36 Å². The molecule has 0 atom stereocenters. The van der Waals surface area contributed by atoms with Crippen molar-refractivity contribution in [2.24, 2.45) is 0 Å². The van der Waals surface area contributed by atoms with Crippen LogP contribution in [0.4, 0.5) is 24.7 Å². The van der Waals surface area contributed by atoms with E-state index in [0.717, 1.165) is 48.8 Å². The quantitative estimate of drug-likeness (QED) is 0.429. The summed E-state index contributed by atoms with van der Waals surface area (Å²) in [4.78, 5) is 10.8. The number of aromatic nitrogens is 2. The average molecular weight is 486 g/mol. The van der Waals surface area contributed by atoms with Crippen LogP contribution in [0.25, 0.3) is 0 Å². The van der Waals surface area contributed by atoms with Crippen LogP contribution in [-0.2, 0) is 0 Å². The molecule has 1 aliphatic heterocycles. The summed E-state index contributed by atoms with van der Waals surface area (Å²) < 4.78 is 46.9. The maximum Gasteiger partial charge on any atom is 0.573 e. The molecular formula is C25H26F3N5O2. The highest BCUT2D eigenvalue weighted by Gasteiger charge is 2.31. The van der Waals surface area contributed by atoms with E-state index in [1.807, 2.05) is 19.1 Å². The molecule has 10 heteroatoms. The van der Waals surface area contributed by atoms with Gasteiger partial charge in [0.2, 0.25) is 0 Å². The Kier molecular flexibility index (Phi) is 7.28. The van der Waals surface area contributed by atoms with Crippen LogP contribution >= 0.6 is 0 Å². The van der Waals surface area contributed by atoms with Gasteiger partial charge in [0, 0.05) is 37.1 Å². The van der Waals surface area contributed by atoms with E-state index >= 15 is 0 Å². The van der Waals surface area contributed by atoms with Crippen molar-refractivity contribution in [3.63, 3.8) is 0 Å². The molecule has 0 amide bonds. The number of nitrogens with zero attached hydrogens (tertiary/aromatic N) is 3. The Labute approximate surface area is 201 Å². The van der Waals surface area contributed by atoms with Crippen molar-refractivity contribution < 1.29 is 22.6 Å². The number of rotatable bonds is 8. The first-order valence-corrected chi connectivity index (χ1v) is 11.1. The van der Waals surface area contributed by atoms with E-state index in [-0.39, 0.29) is 11.8 Å². The molecule has 0 spiro atoms. The third-order valence-corrected chi connectivity index (χ3v) is 5.54. The predicted octanol–water partition coefficient (Wildman–Crippen LogP) is 5.62. The summed E-state index contributed by atoms with van der Waals surface area (Å²) in [6.07, 6.45) is 2.20. The number of nitrogens with one attached hydrogen (secondary N) is 2. The Morgan fingerprint density at radius 1 is 1.06 bits per heavy atom. The third-order valence-electron chi connectivity index (χ3n) is 5.54. The van der Waals surface area contributed by atoms with E-state index < -0.39 is 6.36 Å². The standard InChI is InChI=1S/C25H26F3N5O2/c1-17-23(34-21-5-7-22(8-6-21)35-25(26,27)28)9-13-30-24(17)33-14-10-19(11-15-33)31-18(2)32-20-4-3-12-29-16-20/h3-9,12-13,16,19,31-32H,2,10-11,14-15H2,1H3. The number of piperidine rings is 1. The van der Waals surface area contributed by atoms with Crippen molar-refractivity contribution in [2.75, 3.05) is 23.3 Å². The lowest BCUT2D eigenvalue weighted by Crippen LogP contribution is -2.43. The highest BCUT2D eigenvalue weighted by atomic mass is 19.4. The summed E-state index contributed by atoms with van der Waals surface area (Å²) in [6, 6.07) is 11.1. The fourth-order valence-corrected chi connectivity index (χ4v) is 3.90. The first-order valence-electron chi connectivity index (χ1n) is 11.1. The zero-order valence-electron chi connectivity index (χ0n) is 19.2. The van der Waals surface area contributed by atoms with Gasteiger partial charge in [-0.15, -0.1) is 13.2 Å². The summed E-state index contributed by atoms with van der Waals surface area (Å²) >= 11 is 0. The Morgan fingerprint density at radius 3 is 2.43 bits per heavy atom. The van der Waals surface area contributed by atoms with Crippen molar-refractivity contribution in [2.45, 2.75) is 32.2 Å². The largest absolute Gasteiger partial charge is 0.573 e. The Balaban J connectivity index is 1.33. The van der Waals surface area contributed by atoms with Gasteiger partial charge in [0.05, 0.1) is 17.7 Å². The number of halogens is 3. The summed E-state index contributed by atoms with van der Waals surface area (Å²) in [7, 11) is 0. The van der Waals surface area contributed by atoms with Gasteiger partial charge < -0.3 is 25.0 Å². The average Bonchev–Trinajstić information content (AvgIpc) is 2.82. The van der Waals surface area contributed by atoms with Gasteiger partial charge in [0.25, 0.3) is 0 Å². The van der Waals surface area contributed by atoms with Gasteiger partial charge in [-0.3, -0.25) is 4.98 Å². The summed E-state index contributed by atoms with van der Waals surface area (Å²) in [6.45, 7) is 7.58. The molecule has 35 heavy (non-hydrogen) atoms. The molecule has 0 saturated carbocycles. The number of hydrogen-bond donors (Lipinski definition) is 2. The number of ether oxygens (including phenoxy) is 2. The summed E-state index contributed by atoms with van der Waals surface area (Å²) in [5.74, 6) is 2.25. The van der Waals surface area contributed by atoms with Gasteiger partial charge in [0.15, 0.2) is 0 Å². The number of hydrogen-bond acceptors (Lipinski definition) is 7.